The molecule has 1 fully saturated rings. The average molecular weight is 349 g/mol. The topological polar surface area (TPSA) is 80.3 Å². The van der Waals surface area contributed by atoms with Gasteiger partial charge in [-0.15, -0.1) is 0 Å². The highest BCUT2D eigenvalue weighted by molar-refractivity contribution is 5.86. The Labute approximate surface area is 151 Å². The van der Waals surface area contributed by atoms with Gasteiger partial charge in [0, 0.05) is 42.6 Å². The molecule has 2 aromatic carbocycles. The second kappa shape index (κ2) is 6.80. The molecular formula is C20H21N4O2+. The third-order valence-electron chi connectivity index (χ3n) is 5.07. The molecule has 3 aromatic rings. The number of nitrogens with zero attached hydrogens (tertiary/aromatic N) is 3. The first-order valence-electron chi connectivity index (χ1n) is 8.81. The molecule has 0 aliphatic carbocycles. The molecule has 2 heterocycles. The Morgan fingerprint density at radius 3 is 2.62 bits per heavy atom. The number of anilines is 1. The van der Waals surface area contributed by atoms with Gasteiger partial charge in [-0.3, -0.25) is 0 Å². The SMILES string of the molecule is O=[NH+]CC1(O)CCN(c2nccc(-c3ccc4ccccc4c3)n2)CC1. The van der Waals surface area contributed by atoms with Crippen LogP contribution in [0.4, 0.5) is 5.95 Å². The maximum Gasteiger partial charge on any atom is 0.225 e. The minimum absolute atomic E-state index is 0.0683. The number of nitrogens with one attached hydrogen (secondary N) is 1. The highest BCUT2D eigenvalue weighted by atomic mass is 16.3. The smallest absolute Gasteiger partial charge is 0.225 e. The van der Waals surface area contributed by atoms with Gasteiger partial charge >= 0.3 is 0 Å². The molecule has 0 amide bonds. The van der Waals surface area contributed by atoms with Crippen LogP contribution < -0.4 is 10.1 Å². The molecule has 0 atom stereocenters. The molecule has 0 spiro atoms. The van der Waals surface area contributed by atoms with Crippen LogP contribution in [0.15, 0.2) is 54.7 Å². The van der Waals surface area contributed by atoms with Gasteiger partial charge in [0.2, 0.25) is 12.5 Å². The van der Waals surface area contributed by atoms with Gasteiger partial charge in [0.05, 0.1) is 5.69 Å². The first-order chi connectivity index (χ1) is 12.7. The first-order valence-corrected chi connectivity index (χ1v) is 8.81. The van der Waals surface area contributed by atoms with Crippen LogP contribution in [-0.4, -0.2) is 40.3 Å². The Balaban J connectivity index is 1.58. The number of benzene rings is 2. The number of hydrogen-bond acceptors (Lipinski definition) is 5. The fourth-order valence-electron chi connectivity index (χ4n) is 3.44. The van der Waals surface area contributed by atoms with Gasteiger partial charge in [0.1, 0.15) is 5.60 Å². The second-order valence-corrected chi connectivity index (χ2v) is 6.84. The monoisotopic (exact) mass is 349 g/mol. The van der Waals surface area contributed by atoms with Crippen molar-refractivity contribution in [3.8, 4) is 11.3 Å². The summed E-state index contributed by atoms with van der Waals surface area (Å²) in [6.45, 7) is 1.32. The van der Waals surface area contributed by atoms with Crippen molar-refractivity contribution < 1.29 is 10.3 Å². The predicted molar refractivity (Wildman–Crippen MR) is 101 cm³/mol. The Kier molecular flexibility index (Phi) is 4.34. The number of aliphatic hydroxyl groups is 1. The van der Waals surface area contributed by atoms with E-state index in [1.54, 1.807) is 6.20 Å². The van der Waals surface area contributed by atoms with Crippen molar-refractivity contribution in [1.82, 2.24) is 9.97 Å². The van der Waals surface area contributed by atoms with Crippen LogP contribution in [0.3, 0.4) is 0 Å². The summed E-state index contributed by atoms with van der Waals surface area (Å²) in [4.78, 5) is 21.8. The number of fused-ring (bicyclic) bond motifs is 1. The van der Waals surface area contributed by atoms with Crippen LogP contribution in [0.1, 0.15) is 12.8 Å². The highest BCUT2D eigenvalue weighted by Gasteiger charge is 2.36. The molecule has 0 radical (unpaired) electrons. The molecule has 26 heavy (non-hydrogen) atoms. The van der Waals surface area contributed by atoms with Gasteiger partial charge in [-0.2, -0.15) is 0 Å². The van der Waals surface area contributed by atoms with Crippen LogP contribution in [0.25, 0.3) is 22.0 Å². The molecule has 132 valence electrons. The third kappa shape index (κ3) is 3.28. The van der Waals surface area contributed by atoms with Crippen LogP contribution in [0, 0.1) is 4.91 Å². The van der Waals surface area contributed by atoms with Crippen LogP contribution in [-0.2, 0) is 0 Å². The van der Waals surface area contributed by atoms with E-state index in [0.717, 1.165) is 11.3 Å². The van der Waals surface area contributed by atoms with E-state index in [4.69, 9.17) is 4.98 Å². The van der Waals surface area contributed by atoms with E-state index >= 15 is 0 Å². The minimum Gasteiger partial charge on any atom is -0.383 e. The average Bonchev–Trinajstić information content (AvgIpc) is 2.68. The standard InChI is InChI=1S/C20H20N4O2/c25-20(14-22-26)8-11-24(12-9-20)19-21-10-7-18(23-19)17-6-5-15-3-1-2-4-16(15)13-17/h1-7,10,13,25H,8-9,11-12,14H2/p+1. The normalized spacial score (nSPS) is 16.6. The second-order valence-electron chi connectivity index (χ2n) is 6.84. The first kappa shape index (κ1) is 16.6. The Hall–Kier alpha value is -2.86. The zero-order valence-electron chi connectivity index (χ0n) is 14.4. The maximum absolute atomic E-state index is 10.6. The number of rotatable bonds is 4. The maximum atomic E-state index is 10.6. The molecule has 1 aromatic heterocycles. The molecule has 1 aliphatic heterocycles. The molecule has 1 aliphatic rings. The van der Waals surface area contributed by atoms with E-state index in [1.807, 2.05) is 23.4 Å². The summed E-state index contributed by atoms with van der Waals surface area (Å²) >= 11 is 0. The summed E-state index contributed by atoms with van der Waals surface area (Å²) in [5.41, 5.74) is 0.994. The quantitative estimate of drug-likeness (QED) is 0.746. The van der Waals surface area contributed by atoms with Crippen molar-refractivity contribution in [2.45, 2.75) is 18.4 Å². The summed E-state index contributed by atoms with van der Waals surface area (Å²) in [6, 6.07) is 16.5. The fourth-order valence-corrected chi connectivity index (χ4v) is 3.44. The van der Waals surface area contributed by atoms with Crippen molar-refractivity contribution in [3.63, 3.8) is 0 Å². The molecule has 1 saturated heterocycles. The lowest BCUT2D eigenvalue weighted by Crippen LogP contribution is -2.72. The molecule has 4 rings (SSSR count). The van der Waals surface area contributed by atoms with Gasteiger partial charge in [-0.25, -0.2) is 9.97 Å². The predicted octanol–water partition coefficient (Wildman–Crippen LogP) is 1.48. The molecule has 0 unspecified atom stereocenters. The molecule has 6 heteroatoms. The molecule has 0 saturated carbocycles. The molecule has 2 N–H and O–H groups in total. The largest absolute Gasteiger partial charge is 0.383 e. The van der Waals surface area contributed by atoms with E-state index in [9.17, 15) is 10.0 Å². The minimum atomic E-state index is -0.936. The lowest BCUT2D eigenvalue weighted by Gasteiger charge is -2.35. The van der Waals surface area contributed by atoms with E-state index in [1.165, 1.54) is 10.8 Å². The Morgan fingerprint density at radius 1 is 1.08 bits per heavy atom. The number of nitroso groups, excluding NO2 is 1. The van der Waals surface area contributed by atoms with Gasteiger partial charge in [-0.05, 0) is 28.1 Å². The number of aromatic nitrogens is 2. The van der Waals surface area contributed by atoms with Crippen molar-refractivity contribution in [3.05, 3.63) is 59.6 Å². The Morgan fingerprint density at radius 2 is 1.85 bits per heavy atom. The molecular weight excluding hydrogens is 328 g/mol. The van der Waals surface area contributed by atoms with Gasteiger partial charge in [0.15, 0.2) is 0 Å². The van der Waals surface area contributed by atoms with Crippen LogP contribution in [0.2, 0.25) is 0 Å². The van der Waals surface area contributed by atoms with Crippen LogP contribution >= 0.6 is 0 Å². The van der Waals surface area contributed by atoms with Crippen molar-refractivity contribution in [2.75, 3.05) is 24.5 Å². The van der Waals surface area contributed by atoms with Crippen molar-refractivity contribution in [1.29, 1.82) is 0 Å². The van der Waals surface area contributed by atoms with Gasteiger partial charge < -0.3 is 10.0 Å². The van der Waals surface area contributed by atoms with E-state index < -0.39 is 5.60 Å². The summed E-state index contributed by atoms with van der Waals surface area (Å²) in [5, 5.41) is 14.5. The molecule has 6 nitrogen and oxygen atoms in total. The zero-order chi connectivity index (χ0) is 18.0. The van der Waals surface area contributed by atoms with E-state index in [-0.39, 0.29) is 6.54 Å². The summed E-state index contributed by atoms with van der Waals surface area (Å²) in [6.07, 6.45) is 2.81. The lowest BCUT2D eigenvalue weighted by molar-refractivity contribution is -0.503. The van der Waals surface area contributed by atoms with Crippen molar-refractivity contribution >= 4 is 16.7 Å². The van der Waals surface area contributed by atoms with E-state index in [2.05, 4.69) is 40.2 Å². The summed E-state index contributed by atoms with van der Waals surface area (Å²) in [7, 11) is 0. The fraction of sp³-hybridized carbons (Fsp3) is 0.300. The van der Waals surface area contributed by atoms with Crippen LogP contribution in [0.5, 0.6) is 0 Å². The summed E-state index contributed by atoms with van der Waals surface area (Å²) in [5.74, 6) is 0.660. The Bertz CT molecular complexity index is 936. The molecule has 0 bridgehead atoms. The third-order valence-corrected chi connectivity index (χ3v) is 5.07. The lowest BCUT2D eigenvalue weighted by atomic mass is 9.92. The zero-order valence-corrected chi connectivity index (χ0v) is 14.4. The van der Waals surface area contributed by atoms with Gasteiger partial charge in [0.25, 0.3) is 0 Å². The number of hydrogen-bond donors (Lipinski definition) is 2. The van der Waals surface area contributed by atoms with Crippen molar-refractivity contribution in [2.24, 2.45) is 0 Å². The highest BCUT2D eigenvalue weighted by Crippen LogP contribution is 2.26. The van der Waals surface area contributed by atoms with E-state index in [0.29, 0.717) is 31.9 Å². The summed E-state index contributed by atoms with van der Waals surface area (Å²) < 4.78 is 0. The number of piperidine rings is 1. The van der Waals surface area contributed by atoms with Gasteiger partial charge in [-0.1, -0.05) is 36.4 Å².